The Morgan fingerprint density at radius 2 is 1.74 bits per heavy atom. The highest BCUT2D eigenvalue weighted by Gasteiger charge is 2.24. The molecule has 1 aromatic carbocycles. The summed E-state index contributed by atoms with van der Waals surface area (Å²) in [4.78, 5) is 5.66. The molecule has 0 radical (unpaired) electrons. The van der Waals surface area contributed by atoms with Crippen molar-refractivity contribution >= 4 is 51.3 Å². The van der Waals surface area contributed by atoms with Crippen LogP contribution in [-0.2, 0) is 23.1 Å². The van der Waals surface area contributed by atoms with Crippen molar-refractivity contribution in [2.24, 2.45) is 4.99 Å². The van der Waals surface area contributed by atoms with Gasteiger partial charge in [-0.2, -0.15) is 0 Å². The van der Waals surface area contributed by atoms with Crippen molar-refractivity contribution in [1.29, 1.82) is 0 Å². The van der Waals surface area contributed by atoms with Crippen molar-refractivity contribution < 1.29 is 8.42 Å². The molecule has 0 amide bonds. The smallest absolute Gasteiger partial charge is 0.241 e. The Bertz CT molecular complexity index is 844. The highest BCUT2D eigenvalue weighted by Crippen LogP contribution is 2.17. The topological polar surface area (TPSA) is 82.6 Å². The number of thiophene rings is 1. The van der Waals surface area contributed by atoms with Crippen LogP contribution in [0.25, 0.3) is 0 Å². The highest BCUT2D eigenvalue weighted by molar-refractivity contribution is 14.0. The summed E-state index contributed by atoms with van der Waals surface area (Å²) in [6.07, 6.45) is 0. The standard InChI is InChI=1S/C18H26N4O2S2.HI/c1-18(2,3)22-26(23,24)16-10-6-5-8-14(16)12-20-17(19-4)21-13-15-9-7-11-25-15;/h5-11,22H,12-13H2,1-4H3,(H2,19,20,21);1H. The molecule has 0 unspecified atom stereocenters. The average molecular weight is 522 g/mol. The van der Waals surface area contributed by atoms with Gasteiger partial charge in [0.15, 0.2) is 5.96 Å². The van der Waals surface area contributed by atoms with Gasteiger partial charge in [0.2, 0.25) is 10.0 Å². The summed E-state index contributed by atoms with van der Waals surface area (Å²) >= 11 is 1.67. The molecule has 2 aromatic rings. The van der Waals surface area contributed by atoms with Gasteiger partial charge >= 0.3 is 0 Å². The summed E-state index contributed by atoms with van der Waals surface area (Å²) in [5, 5.41) is 8.42. The molecule has 0 fully saturated rings. The summed E-state index contributed by atoms with van der Waals surface area (Å²) in [6.45, 7) is 6.49. The van der Waals surface area contributed by atoms with E-state index in [0.717, 1.165) is 0 Å². The third-order valence-corrected chi connectivity index (χ3v) is 6.12. The second-order valence-corrected chi connectivity index (χ2v) is 9.50. The quantitative estimate of drug-likeness (QED) is 0.309. The van der Waals surface area contributed by atoms with Crippen LogP contribution >= 0.6 is 35.3 Å². The summed E-state index contributed by atoms with van der Waals surface area (Å²) in [5.41, 5.74) is 0.140. The van der Waals surface area contributed by atoms with Gasteiger partial charge in [0.05, 0.1) is 11.4 Å². The number of rotatable bonds is 6. The molecule has 0 atom stereocenters. The normalized spacial score (nSPS) is 12.4. The number of hydrogen-bond donors (Lipinski definition) is 3. The van der Waals surface area contributed by atoms with Gasteiger partial charge in [-0.15, -0.1) is 35.3 Å². The average Bonchev–Trinajstić information content (AvgIpc) is 3.06. The van der Waals surface area contributed by atoms with Crippen LogP contribution in [0.2, 0.25) is 0 Å². The van der Waals surface area contributed by atoms with E-state index in [-0.39, 0.29) is 28.9 Å². The number of benzene rings is 1. The zero-order valence-corrected chi connectivity index (χ0v) is 19.9. The Kier molecular flexibility index (Phi) is 9.19. The Labute approximate surface area is 182 Å². The summed E-state index contributed by atoms with van der Waals surface area (Å²) in [7, 11) is -1.91. The van der Waals surface area contributed by atoms with Crippen LogP contribution in [0.15, 0.2) is 51.7 Å². The first-order valence-corrected chi connectivity index (χ1v) is 10.7. The minimum atomic E-state index is -3.60. The molecule has 1 heterocycles. The zero-order valence-electron chi connectivity index (χ0n) is 15.9. The van der Waals surface area contributed by atoms with Gasteiger partial charge in [-0.1, -0.05) is 24.3 Å². The number of nitrogens with zero attached hydrogens (tertiary/aromatic N) is 1. The molecule has 0 saturated heterocycles. The minimum absolute atomic E-state index is 0. The van der Waals surface area contributed by atoms with Gasteiger partial charge in [-0.3, -0.25) is 4.99 Å². The predicted molar refractivity (Wildman–Crippen MR) is 123 cm³/mol. The second kappa shape index (κ2) is 10.4. The van der Waals surface area contributed by atoms with E-state index in [0.29, 0.717) is 24.6 Å². The molecule has 3 N–H and O–H groups in total. The van der Waals surface area contributed by atoms with E-state index in [4.69, 9.17) is 0 Å². The van der Waals surface area contributed by atoms with Crippen LogP contribution in [0, 0.1) is 0 Å². The minimum Gasteiger partial charge on any atom is -0.352 e. The molecule has 0 aliphatic carbocycles. The SMILES string of the molecule is CN=C(NCc1cccs1)NCc1ccccc1S(=O)(=O)NC(C)(C)C.I. The third-order valence-electron chi connectivity index (χ3n) is 3.38. The lowest BCUT2D eigenvalue weighted by Gasteiger charge is -2.22. The predicted octanol–water partition coefficient (Wildman–Crippen LogP) is 3.31. The summed E-state index contributed by atoms with van der Waals surface area (Å²) < 4.78 is 28.1. The van der Waals surface area contributed by atoms with E-state index in [1.807, 2.05) is 44.4 Å². The molecular weight excluding hydrogens is 495 g/mol. The third kappa shape index (κ3) is 7.76. The van der Waals surface area contributed by atoms with Crippen molar-refractivity contribution in [3.8, 4) is 0 Å². The van der Waals surface area contributed by atoms with Crippen LogP contribution in [0.1, 0.15) is 31.2 Å². The monoisotopic (exact) mass is 522 g/mol. The fraction of sp³-hybridized carbons (Fsp3) is 0.389. The molecule has 0 aliphatic heterocycles. The maximum Gasteiger partial charge on any atom is 0.241 e. The van der Waals surface area contributed by atoms with Crippen molar-refractivity contribution in [2.45, 2.75) is 44.3 Å². The summed E-state index contributed by atoms with van der Waals surface area (Å²) in [6, 6.07) is 11.0. The maximum absolute atomic E-state index is 12.7. The van der Waals surface area contributed by atoms with E-state index in [2.05, 4.69) is 20.3 Å². The van der Waals surface area contributed by atoms with Gasteiger partial charge in [-0.05, 0) is 43.8 Å². The van der Waals surface area contributed by atoms with E-state index < -0.39 is 15.6 Å². The fourth-order valence-electron chi connectivity index (χ4n) is 2.35. The van der Waals surface area contributed by atoms with Crippen LogP contribution in [0.4, 0.5) is 0 Å². The second-order valence-electron chi connectivity index (χ2n) is 6.82. The van der Waals surface area contributed by atoms with Crippen molar-refractivity contribution in [2.75, 3.05) is 7.05 Å². The first-order chi connectivity index (χ1) is 12.2. The van der Waals surface area contributed by atoms with Crippen LogP contribution in [0.5, 0.6) is 0 Å². The van der Waals surface area contributed by atoms with Crippen molar-refractivity contribution in [3.63, 3.8) is 0 Å². The molecule has 2 rings (SSSR count). The number of aliphatic imine (C=N–C) groups is 1. The Morgan fingerprint density at radius 1 is 1.07 bits per heavy atom. The van der Waals surface area contributed by atoms with E-state index in [9.17, 15) is 8.42 Å². The summed E-state index contributed by atoms with van der Waals surface area (Å²) in [5.74, 6) is 0.620. The van der Waals surface area contributed by atoms with Gasteiger partial charge in [-0.25, -0.2) is 13.1 Å². The molecule has 27 heavy (non-hydrogen) atoms. The number of hydrogen-bond acceptors (Lipinski definition) is 4. The molecule has 9 heteroatoms. The largest absolute Gasteiger partial charge is 0.352 e. The molecule has 0 aliphatic rings. The van der Waals surface area contributed by atoms with Crippen LogP contribution in [-0.4, -0.2) is 27.0 Å². The van der Waals surface area contributed by atoms with Gasteiger partial charge in [0, 0.05) is 24.0 Å². The van der Waals surface area contributed by atoms with Gasteiger partial charge < -0.3 is 10.6 Å². The van der Waals surface area contributed by atoms with Crippen LogP contribution in [0.3, 0.4) is 0 Å². The van der Waals surface area contributed by atoms with Crippen molar-refractivity contribution in [3.05, 3.63) is 52.2 Å². The molecule has 0 bridgehead atoms. The lowest BCUT2D eigenvalue weighted by atomic mass is 10.1. The van der Waals surface area contributed by atoms with Gasteiger partial charge in [0.25, 0.3) is 0 Å². The van der Waals surface area contributed by atoms with E-state index in [1.165, 1.54) is 4.88 Å². The number of halogens is 1. The fourth-order valence-corrected chi connectivity index (χ4v) is 4.66. The first kappa shape index (κ1) is 23.9. The molecule has 1 aromatic heterocycles. The molecule has 6 nitrogen and oxygen atoms in total. The first-order valence-electron chi connectivity index (χ1n) is 8.30. The number of nitrogens with one attached hydrogen (secondary N) is 3. The lowest BCUT2D eigenvalue weighted by Crippen LogP contribution is -2.41. The number of sulfonamides is 1. The maximum atomic E-state index is 12.7. The molecular formula is C18H27IN4O2S2. The molecule has 0 saturated carbocycles. The Morgan fingerprint density at radius 3 is 2.33 bits per heavy atom. The Hall–Kier alpha value is -1.17. The van der Waals surface area contributed by atoms with Gasteiger partial charge in [0.1, 0.15) is 0 Å². The van der Waals surface area contributed by atoms with Crippen LogP contribution < -0.4 is 15.4 Å². The highest BCUT2D eigenvalue weighted by atomic mass is 127. The number of guanidine groups is 1. The van der Waals surface area contributed by atoms with Crippen molar-refractivity contribution in [1.82, 2.24) is 15.4 Å². The Balaban J connectivity index is 0.00000364. The van der Waals surface area contributed by atoms with E-state index >= 15 is 0 Å². The lowest BCUT2D eigenvalue weighted by molar-refractivity contribution is 0.491. The molecule has 0 spiro atoms. The van der Waals surface area contributed by atoms with E-state index in [1.54, 1.807) is 36.6 Å². The molecule has 150 valence electrons. The zero-order chi connectivity index (χ0) is 19.2.